The SMILES string of the molecule is Cc1cc2ncnc(Nc3ccc(C(F)(F)F)cc3)c2cc1C. The van der Waals surface area contributed by atoms with Gasteiger partial charge in [0.2, 0.25) is 0 Å². The van der Waals surface area contributed by atoms with E-state index < -0.39 is 11.7 Å². The van der Waals surface area contributed by atoms with Gasteiger partial charge in [0.25, 0.3) is 0 Å². The van der Waals surface area contributed by atoms with Crippen LogP contribution in [0.15, 0.2) is 42.7 Å². The van der Waals surface area contributed by atoms with Crippen molar-refractivity contribution in [1.29, 1.82) is 0 Å². The van der Waals surface area contributed by atoms with Crippen LogP contribution < -0.4 is 5.32 Å². The largest absolute Gasteiger partial charge is 0.416 e. The van der Waals surface area contributed by atoms with Gasteiger partial charge in [-0.25, -0.2) is 9.97 Å². The molecule has 0 unspecified atom stereocenters. The number of rotatable bonds is 2. The highest BCUT2D eigenvalue weighted by Gasteiger charge is 2.29. The fourth-order valence-electron chi connectivity index (χ4n) is 2.29. The molecule has 0 amide bonds. The maximum atomic E-state index is 12.6. The van der Waals surface area contributed by atoms with Crippen molar-refractivity contribution >= 4 is 22.4 Å². The summed E-state index contributed by atoms with van der Waals surface area (Å²) in [4.78, 5) is 8.43. The van der Waals surface area contributed by atoms with Crippen LogP contribution in [0, 0.1) is 13.8 Å². The topological polar surface area (TPSA) is 37.8 Å². The number of nitrogens with zero attached hydrogens (tertiary/aromatic N) is 2. The summed E-state index contributed by atoms with van der Waals surface area (Å²) in [5.41, 5.74) is 2.87. The summed E-state index contributed by atoms with van der Waals surface area (Å²) in [6.45, 7) is 3.99. The zero-order valence-corrected chi connectivity index (χ0v) is 12.6. The number of nitrogens with one attached hydrogen (secondary N) is 1. The number of anilines is 2. The molecule has 1 aromatic heterocycles. The Labute approximate surface area is 131 Å². The predicted octanol–water partition coefficient (Wildman–Crippen LogP) is 5.01. The minimum atomic E-state index is -4.34. The zero-order valence-electron chi connectivity index (χ0n) is 12.6. The Balaban J connectivity index is 1.97. The van der Waals surface area contributed by atoms with Gasteiger partial charge in [-0.1, -0.05) is 0 Å². The van der Waals surface area contributed by atoms with Gasteiger partial charge in [-0.2, -0.15) is 13.2 Å². The number of fused-ring (bicyclic) bond motifs is 1. The van der Waals surface area contributed by atoms with Crippen molar-refractivity contribution in [3.63, 3.8) is 0 Å². The van der Waals surface area contributed by atoms with Gasteiger partial charge in [0.1, 0.15) is 12.1 Å². The van der Waals surface area contributed by atoms with Crippen LogP contribution in [0.2, 0.25) is 0 Å². The van der Waals surface area contributed by atoms with Crippen LogP contribution in [0.5, 0.6) is 0 Å². The fraction of sp³-hybridized carbons (Fsp3) is 0.176. The van der Waals surface area contributed by atoms with Crippen molar-refractivity contribution in [1.82, 2.24) is 9.97 Å². The third kappa shape index (κ3) is 3.11. The average molecular weight is 317 g/mol. The number of benzene rings is 2. The molecule has 0 aliphatic rings. The first-order valence-electron chi connectivity index (χ1n) is 7.01. The number of aromatic nitrogens is 2. The molecule has 1 N–H and O–H groups in total. The molecule has 0 aliphatic carbocycles. The van der Waals surface area contributed by atoms with E-state index in [9.17, 15) is 13.2 Å². The Kier molecular flexibility index (Phi) is 3.67. The van der Waals surface area contributed by atoms with E-state index in [1.54, 1.807) is 0 Å². The second kappa shape index (κ2) is 5.53. The van der Waals surface area contributed by atoms with Crippen LogP contribution in [0.1, 0.15) is 16.7 Å². The Morgan fingerprint density at radius 2 is 1.57 bits per heavy atom. The van der Waals surface area contributed by atoms with Crippen molar-refractivity contribution in [3.05, 3.63) is 59.4 Å². The van der Waals surface area contributed by atoms with Crippen LogP contribution >= 0.6 is 0 Å². The minimum absolute atomic E-state index is 0.538. The van der Waals surface area contributed by atoms with E-state index >= 15 is 0 Å². The molecule has 0 fully saturated rings. The normalized spacial score (nSPS) is 11.7. The molecule has 0 aliphatic heterocycles. The minimum Gasteiger partial charge on any atom is -0.340 e. The quantitative estimate of drug-likeness (QED) is 0.722. The molecule has 0 saturated heterocycles. The molecule has 3 aromatic rings. The van der Waals surface area contributed by atoms with E-state index in [2.05, 4.69) is 15.3 Å². The molecule has 3 rings (SSSR count). The second-order valence-electron chi connectivity index (χ2n) is 5.38. The maximum Gasteiger partial charge on any atom is 0.416 e. The first-order valence-corrected chi connectivity index (χ1v) is 7.01. The van der Waals surface area contributed by atoms with Gasteiger partial charge in [0.05, 0.1) is 11.1 Å². The van der Waals surface area contributed by atoms with Gasteiger partial charge in [-0.05, 0) is 61.4 Å². The Bertz CT molecular complexity index is 855. The lowest BCUT2D eigenvalue weighted by molar-refractivity contribution is -0.137. The zero-order chi connectivity index (χ0) is 16.6. The van der Waals surface area contributed by atoms with Crippen LogP contribution in [-0.2, 0) is 6.18 Å². The molecule has 0 bridgehead atoms. The van der Waals surface area contributed by atoms with E-state index in [4.69, 9.17) is 0 Å². The number of alkyl halides is 3. The Morgan fingerprint density at radius 1 is 0.913 bits per heavy atom. The summed E-state index contributed by atoms with van der Waals surface area (Å²) >= 11 is 0. The van der Waals surface area contributed by atoms with E-state index in [1.165, 1.54) is 18.5 Å². The molecule has 2 aromatic carbocycles. The highest BCUT2D eigenvalue weighted by Crippen LogP contribution is 2.31. The third-order valence-corrected chi connectivity index (χ3v) is 3.73. The molecular weight excluding hydrogens is 303 g/mol. The van der Waals surface area contributed by atoms with Crippen molar-refractivity contribution < 1.29 is 13.2 Å². The van der Waals surface area contributed by atoms with Crippen LogP contribution in [0.3, 0.4) is 0 Å². The highest BCUT2D eigenvalue weighted by molar-refractivity contribution is 5.91. The van der Waals surface area contributed by atoms with Gasteiger partial charge in [-0.15, -0.1) is 0 Å². The molecule has 118 valence electrons. The van der Waals surface area contributed by atoms with E-state index in [1.807, 2.05) is 26.0 Å². The van der Waals surface area contributed by atoms with Crippen LogP contribution in [0.4, 0.5) is 24.7 Å². The summed E-state index contributed by atoms with van der Waals surface area (Å²) in [6, 6.07) is 8.79. The van der Waals surface area contributed by atoms with Crippen molar-refractivity contribution in [3.8, 4) is 0 Å². The van der Waals surface area contributed by atoms with E-state index in [-0.39, 0.29) is 0 Å². The van der Waals surface area contributed by atoms with Crippen LogP contribution in [0.25, 0.3) is 10.9 Å². The molecule has 0 atom stereocenters. The summed E-state index contributed by atoms with van der Waals surface area (Å²) < 4.78 is 37.8. The molecule has 23 heavy (non-hydrogen) atoms. The molecular formula is C17H14F3N3. The lowest BCUT2D eigenvalue weighted by Gasteiger charge is -2.11. The number of aryl methyl sites for hydroxylation is 2. The molecule has 0 saturated carbocycles. The van der Waals surface area contributed by atoms with Crippen molar-refractivity contribution in [2.45, 2.75) is 20.0 Å². The first kappa shape index (κ1) is 15.3. The number of hydrogen-bond donors (Lipinski definition) is 1. The third-order valence-electron chi connectivity index (χ3n) is 3.73. The molecule has 1 heterocycles. The number of halogens is 3. The Hall–Kier alpha value is -2.63. The van der Waals surface area contributed by atoms with Crippen molar-refractivity contribution in [2.75, 3.05) is 5.32 Å². The Morgan fingerprint density at radius 3 is 2.22 bits per heavy atom. The summed E-state index contributed by atoms with van der Waals surface area (Å²) in [6.07, 6.45) is -2.90. The van der Waals surface area contributed by atoms with Crippen molar-refractivity contribution in [2.24, 2.45) is 0 Å². The standard InChI is InChI=1S/C17H14F3N3/c1-10-7-14-15(8-11(10)2)21-9-22-16(14)23-13-5-3-12(4-6-13)17(18,19)20/h3-9H,1-2H3,(H,21,22,23). The lowest BCUT2D eigenvalue weighted by Crippen LogP contribution is -2.04. The fourth-order valence-corrected chi connectivity index (χ4v) is 2.29. The summed E-state index contributed by atoms with van der Waals surface area (Å²) in [7, 11) is 0. The highest BCUT2D eigenvalue weighted by atomic mass is 19.4. The van der Waals surface area contributed by atoms with Gasteiger partial charge in [0, 0.05) is 11.1 Å². The van der Waals surface area contributed by atoms with Gasteiger partial charge < -0.3 is 5.32 Å². The smallest absolute Gasteiger partial charge is 0.340 e. The average Bonchev–Trinajstić information content (AvgIpc) is 2.49. The first-order chi connectivity index (χ1) is 10.8. The maximum absolute atomic E-state index is 12.6. The molecule has 0 spiro atoms. The molecule has 0 radical (unpaired) electrons. The molecule has 3 nitrogen and oxygen atoms in total. The molecule has 6 heteroatoms. The number of hydrogen-bond acceptors (Lipinski definition) is 3. The lowest BCUT2D eigenvalue weighted by atomic mass is 10.1. The monoisotopic (exact) mass is 317 g/mol. The summed E-state index contributed by atoms with van der Waals surface area (Å²) in [5.74, 6) is 0.567. The van der Waals surface area contributed by atoms with Gasteiger partial charge >= 0.3 is 6.18 Å². The van der Waals surface area contributed by atoms with Gasteiger partial charge in [-0.3, -0.25) is 0 Å². The second-order valence-corrected chi connectivity index (χ2v) is 5.38. The van der Waals surface area contributed by atoms with Crippen LogP contribution in [-0.4, -0.2) is 9.97 Å². The van der Waals surface area contributed by atoms with E-state index in [0.717, 1.165) is 34.2 Å². The predicted molar refractivity (Wildman–Crippen MR) is 83.7 cm³/mol. The summed E-state index contributed by atoms with van der Waals surface area (Å²) in [5, 5.41) is 3.88. The van der Waals surface area contributed by atoms with E-state index in [0.29, 0.717) is 11.5 Å². The van der Waals surface area contributed by atoms with Gasteiger partial charge in [0.15, 0.2) is 0 Å².